The van der Waals surface area contributed by atoms with Gasteiger partial charge in [0, 0.05) is 12.2 Å². The fourth-order valence-corrected chi connectivity index (χ4v) is 7.01. The molecule has 2 bridgehead atoms. The van der Waals surface area contributed by atoms with E-state index in [-0.39, 0.29) is 37.5 Å². The van der Waals surface area contributed by atoms with E-state index < -0.39 is 41.1 Å². The average Bonchev–Trinajstić information content (AvgIpc) is 3.43. The van der Waals surface area contributed by atoms with Gasteiger partial charge in [0.1, 0.15) is 24.2 Å². The van der Waals surface area contributed by atoms with Crippen LogP contribution in [0, 0.1) is 31.6 Å². The van der Waals surface area contributed by atoms with E-state index in [1.807, 2.05) is 52.8 Å². The Labute approximate surface area is 225 Å². The van der Waals surface area contributed by atoms with Gasteiger partial charge in [-0.1, -0.05) is 50.8 Å². The number of carbonyl (C=O) groups excluding carboxylic acids is 3. The third-order valence-corrected chi connectivity index (χ3v) is 8.65. The second-order valence-electron chi connectivity index (χ2n) is 11.4. The third kappa shape index (κ3) is 4.09. The molecule has 0 saturated carbocycles. The van der Waals surface area contributed by atoms with Gasteiger partial charge in [-0.3, -0.25) is 14.4 Å². The van der Waals surface area contributed by atoms with Crippen molar-refractivity contribution in [3.8, 4) is 0 Å². The molecule has 3 fully saturated rings. The summed E-state index contributed by atoms with van der Waals surface area (Å²) in [6.45, 7) is 17.0. The van der Waals surface area contributed by atoms with Crippen molar-refractivity contribution >= 4 is 23.5 Å². The van der Waals surface area contributed by atoms with E-state index in [4.69, 9.17) is 9.47 Å². The molecule has 3 aliphatic heterocycles. The standard InChI is InChI=1S/C30H40N2O6/c1-8-15-31(24-19(5)11-10-12-20(24)6)27(35)25-30-14-13-29(7,38-30)23(28(36)37-16-9-2)22(30)26(34)32(25)21(17-33)18(3)4/h8-12,18,21-23,25,33H,1-2,13-17H2,3-7H3/t21-,22-,23-,25?,29+,30?/m0/s1. The monoisotopic (exact) mass is 524 g/mol. The number of benzene rings is 1. The SMILES string of the molecule is C=CCOC(=O)[C@@H]1[C@H]2C(=O)N([C@@H](CO)C(C)C)C(C(=O)N(CC=C)c3c(C)cccc3C)C23CC[C@@]1(C)O3. The number of carbonyl (C=O) groups is 3. The summed E-state index contributed by atoms with van der Waals surface area (Å²) in [4.78, 5) is 45.5. The summed E-state index contributed by atoms with van der Waals surface area (Å²) in [5.74, 6) is -3.06. The van der Waals surface area contributed by atoms with Gasteiger partial charge in [-0.15, -0.1) is 6.58 Å². The van der Waals surface area contributed by atoms with Crippen LogP contribution in [0.3, 0.4) is 0 Å². The maximum atomic E-state index is 14.7. The van der Waals surface area contributed by atoms with Gasteiger partial charge in [0.15, 0.2) is 0 Å². The molecule has 206 valence electrons. The molecule has 8 heteroatoms. The molecule has 2 amide bonds. The zero-order valence-electron chi connectivity index (χ0n) is 23.1. The first kappa shape index (κ1) is 28.0. The molecule has 0 radical (unpaired) electrons. The number of aryl methyl sites for hydroxylation is 2. The number of amides is 2. The maximum absolute atomic E-state index is 14.7. The fraction of sp³-hybridized carbons (Fsp3) is 0.567. The molecule has 3 saturated heterocycles. The average molecular weight is 525 g/mol. The first-order chi connectivity index (χ1) is 18.0. The lowest BCUT2D eigenvalue weighted by Crippen LogP contribution is -2.60. The molecule has 3 heterocycles. The Bertz CT molecular complexity index is 1130. The molecule has 6 atom stereocenters. The van der Waals surface area contributed by atoms with Crippen LogP contribution in [0.4, 0.5) is 5.69 Å². The largest absolute Gasteiger partial charge is 0.461 e. The van der Waals surface area contributed by atoms with Crippen molar-refractivity contribution in [2.75, 3.05) is 24.7 Å². The predicted molar refractivity (Wildman–Crippen MR) is 144 cm³/mol. The molecule has 1 aromatic rings. The number of ether oxygens (including phenoxy) is 2. The summed E-state index contributed by atoms with van der Waals surface area (Å²) >= 11 is 0. The second-order valence-corrected chi connectivity index (χ2v) is 11.4. The zero-order valence-corrected chi connectivity index (χ0v) is 23.1. The first-order valence-electron chi connectivity index (χ1n) is 13.4. The van der Waals surface area contributed by atoms with Crippen LogP contribution < -0.4 is 4.90 Å². The third-order valence-electron chi connectivity index (χ3n) is 8.65. The van der Waals surface area contributed by atoms with Crippen molar-refractivity contribution in [2.45, 2.75) is 70.7 Å². The maximum Gasteiger partial charge on any atom is 0.313 e. The van der Waals surface area contributed by atoms with Gasteiger partial charge >= 0.3 is 5.97 Å². The molecule has 8 nitrogen and oxygen atoms in total. The highest BCUT2D eigenvalue weighted by molar-refractivity contribution is 6.05. The lowest BCUT2D eigenvalue weighted by atomic mass is 9.66. The molecule has 2 unspecified atom stereocenters. The van der Waals surface area contributed by atoms with Crippen LogP contribution in [0.1, 0.15) is 44.7 Å². The predicted octanol–water partition coefficient (Wildman–Crippen LogP) is 3.33. The van der Waals surface area contributed by atoms with Crippen molar-refractivity contribution in [2.24, 2.45) is 17.8 Å². The lowest BCUT2D eigenvalue weighted by molar-refractivity contribution is -0.160. The van der Waals surface area contributed by atoms with Gasteiger partial charge in [0.05, 0.1) is 24.2 Å². The molecular formula is C30H40N2O6. The van der Waals surface area contributed by atoms with Crippen LogP contribution in [-0.2, 0) is 23.9 Å². The number of rotatable bonds is 10. The number of anilines is 1. The number of likely N-dealkylation sites (tertiary alicyclic amines) is 1. The van der Waals surface area contributed by atoms with Gasteiger partial charge in [-0.05, 0) is 50.7 Å². The molecule has 0 aromatic heterocycles. The quantitative estimate of drug-likeness (QED) is 0.373. The highest BCUT2D eigenvalue weighted by atomic mass is 16.6. The fourth-order valence-electron chi connectivity index (χ4n) is 7.01. The van der Waals surface area contributed by atoms with Gasteiger partial charge in [0.25, 0.3) is 5.91 Å². The Balaban J connectivity index is 1.88. The summed E-state index contributed by atoms with van der Waals surface area (Å²) in [6, 6.07) is 4.18. The first-order valence-corrected chi connectivity index (χ1v) is 13.4. The van der Waals surface area contributed by atoms with Crippen molar-refractivity contribution in [3.63, 3.8) is 0 Å². The van der Waals surface area contributed by atoms with E-state index in [1.165, 1.54) is 11.0 Å². The molecule has 1 spiro atoms. The second kappa shape index (κ2) is 10.3. The minimum absolute atomic E-state index is 0.0241. The van der Waals surface area contributed by atoms with E-state index in [9.17, 15) is 19.5 Å². The van der Waals surface area contributed by atoms with Crippen LogP contribution in [0.15, 0.2) is 43.5 Å². The molecular weight excluding hydrogens is 484 g/mol. The minimum Gasteiger partial charge on any atom is -0.461 e. The summed E-state index contributed by atoms with van der Waals surface area (Å²) < 4.78 is 12.1. The topological polar surface area (TPSA) is 96.4 Å². The molecule has 1 aromatic carbocycles. The van der Waals surface area contributed by atoms with E-state index in [0.717, 1.165) is 16.8 Å². The number of aliphatic hydroxyl groups is 1. The van der Waals surface area contributed by atoms with E-state index in [2.05, 4.69) is 13.2 Å². The van der Waals surface area contributed by atoms with Crippen molar-refractivity contribution in [1.82, 2.24) is 4.90 Å². The van der Waals surface area contributed by atoms with E-state index in [1.54, 1.807) is 11.0 Å². The number of hydrogen-bond donors (Lipinski definition) is 1. The molecule has 1 N–H and O–H groups in total. The van der Waals surface area contributed by atoms with Gasteiger partial charge in [-0.25, -0.2) is 0 Å². The van der Waals surface area contributed by atoms with Gasteiger partial charge in [-0.2, -0.15) is 0 Å². The lowest BCUT2D eigenvalue weighted by Gasteiger charge is -2.41. The Morgan fingerprint density at radius 2 is 1.89 bits per heavy atom. The molecule has 0 aliphatic carbocycles. The zero-order chi connectivity index (χ0) is 28.0. The highest BCUT2D eigenvalue weighted by Gasteiger charge is 2.79. The van der Waals surface area contributed by atoms with Crippen molar-refractivity contribution in [3.05, 3.63) is 54.6 Å². The Kier molecular flexibility index (Phi) is 7.60. The van der Waals surface area contributed by atoms with Crippen LogP contribution in [0.2, 0.25) is 0 Å². The summed E-state index contributed by atoms with van der Waals surface area (Å²) in [5, 5.41) is 10.4. The Hall–Kier alpha value is -2.97. The highest BCUT2D eigenvalue weighted by Crippen LogP contribution is 2.64. The number of esters is 1. The number of aliphatic hydroxyl groups excluding tert-OH is 1. The number of fused-ring (bicyclic) bond motifs is 1. The molecule has 3 aliphatic rings. The van der Waals surface area contributed by atoms with Crippen LogP contribution in [-0.4, -0.2) is 70.8 Å². The van der Waals surface area contributed by atoms with Crippen LogP contribution in [0.25, 0.3) is 0 Å². The Morgan fingerprint density at radius 3 is 2.45 bits per heavy atom. The molecule has 4 rings (SSSR count). The van der Waals surface area contributed by atoms with Crippen LogP contribution in [0.5, 0.6) is 0 Å². The van der Waals surface area contributed by atoms with E-state index >= 15 is 0 Å². The summed E-state index contributed by atoms with van der Waals surface area (Å²) in [7, 11) is 0. The normalized spacial score (nSPS) is 30.3. The van der Waals surface area contributed by atoms with Crippen LogP contribution >= 0.6 is 0 Å². The van der Waals surface area contributed by atoms with Crippen molar-refractivity contribution < 1.29 is 29.0 Å². The Morgan fingerprint density at radius 1 is 1.24 bits per heavy atom. The molecule has 38 heavy (non-hydrogen) atoms. The van der Waals surface area contributed by atoms with E-state index in [0.29, 0.717) is 12.8 Å². The smallest absolute Gasteiger partial charge is 0.313 e. The number of hydrogen-bond acceptors (Lipinski definition) is 6. The van der Waals surface area contributed by atoms with Gasteiger partial charge in [0.2, 0.25) is 5.91 Å². The number of nitrogens with zero attached hydrogens (tertiary/aromatic N) is 2. The summed E-state index contributed by atoms with van der Waals surface area (Å²) in [5.41, 5.74) is 0.455. The number of para-hydroxylation sites is 1. The summed E-state index contributed by atoms with van der Waals surface area (Å²) in [6.07, 6.45) is 4.11. The van der Waals surface area contributed by atoms with Gasteiger partial charge < -0.3 is 24.4 Å². The van der Waals surface area contributed by atoms with Crippen molar-refractivity contribution in [1.29, 1.82) is 0 Å². The minimum atomic E-state index is -1.21.